The Kier molecular flexibility index (Phi) is 6.04. The number of amides is 1. The zero-order valence-electron chi connectivity index (χ0n) is 16.3. The van der Waals surface area contributed by atoms with Crippen LogP contribution < -0.4 is 5.32 Å². The topological polar surface area (TPSA) is 72.7 Å². The van der Waals surface area contributed by atoms with Gasteiger partial charge in [-0.2, -0.15) is 5.10 Å². The van der Waals surface area contributed by atoms with E-state index in [1.165, 1.54) is 35.8 Å². The highest BCUT2D eigenvalue weighted by molar-refractivity contribution is 8.00. The van der Waals surface area contributed by atoms with Gasteiger partial charge in [0.05, 0.1) is 22.5 Å². The third-order valence-corrected chi connectivity index (χ3v) is 5.73. The molecule has 2 heterocycles. The van der Waals surface area contributed by atoms with Crippen molar-refractivity contribution >= 4 is 28.7 Å². The lowest BCUT2D eigenvalue weighted by Gasteiger charge is -2.12. The molecule has 0 aliphatic heterocycles. The Hall–Kier alpha value is -3.26. The lowest BCUT2D eigenvalue weighted by atomic mass is 10.1. The summed E-state index contributed by atoms with van der Waals surface area (Å²) in [7, 11) is 0. The Balaban J connectivity index is 1.44. The fourth-order valence-corrected chi connectivity index (χ4v) is 3.93. The summed E-state index contributed by atoms with van der Waals surface area (Å²) in [5.41, 5.74) is 2.49. The molecule has 4 aromatic rings. The summed E-state index contributed by atoms with van der Waals surface area (Å²) in [6, 6.07) is 16.1. The predicted molar refractivity (Wildman–Crippen MR) is 115 cm³/mol. The Bertz CT molecular complexity index is 1150. The molecule has 1 N–H and O–H groups in total. The van der Waals surface area contributed by atoms with Crippen LogP contribution in [0.1, 0.15) is 12.5 Å². The van der Waals surface area contributed by atoms with Gasteiger partial charge in [0, 0.05) is 6.54 Å². The molecule has 152 valence electrons. The van der Waals surface area contributed by atoms with Crippen LogP contribution in [0.15, 0.2) is 72.1 Å². The van der Waals surface area contributed by atoms with E-state index in [0.29, 0.717) is 22.9 Å². The number of thioether (sulfide) groups is 1. The summed E-state index contributed by atoms with van der Waals surface area (Å²) in [6.07, 6.45) is 3.90. The highest BCUT2D eigenvalue weighted by Gasteiger charge is 2.18. The molecule has 1 amide bonds. The number of hydrogen-bond donors (Lipinski definition) is 1. The first-order valence-corrected chi connectivity index (χ1v) is 10.4. The molecule has 0 spiro atoms. The van der Waals surface area contributed by atoms with Crippen molar-refractivity contribution in [3.63, 3.8) is 0 Å². The molecule has 0 aliphatic carbocycles. The maximum Gasteiger partial charge on any atom is 0.233 e. The van der Waals surface area contributed by atoms with Crippen LogP contribution in [-0.2, 0) is 11.2 Å². The maximum absolute atomic E-state index is 13.2. The van der Waals surface area contributed by atoms with Gasteiger partial charge in [0.2, 0.25) is 5.91 Å². The smallest absolute Gasteiger partial charge is 0.233 e. The molecule has 0 fully saturated rings. The zero-order chi connectivity index (χ0) is 20.9. The van der Waals surface area contributed by atoms with Gasteiger partial charge in [-0.1, -0.05) is 42.1 Å². The normalized spacial score (nSPS) is 12.1. The summed E-state index contributed by atoms with van der Waals surface area (Å²) in [6.45, 7) is 2.43. The van der Waals surface area contributed by atoms with E-state index in [1.54, 1.807) is 23.0 Å². The molecule has 1 unspecified atom stereocenters. The van der Waals surface area contributed by atoms with Gasteiger partial charge < -0.3 is 5.32 Å². The van der Waals surface area contributed by atoms with Crippen molar-refractivity contribution < 1.29 is 9.18 Å². The van der Waals surface area contributed by atoms with E-state index in [2.05, 4.69) is 20.4 Å². The van der Waals surface area contributed by atoms with Gasteiger partial charge in [-0.3, -0.25) is 4.79 Å². The number of carbonyl (C=O) groups excluding carboxylic acids is 1. The van der Waals surface area contributed by atoms with Gasteiger partial charge >= 0.3 is 0 Å². The zero-order valence-corrected chi connectivity index (χ0v) is 17.1. The minimum Gasteiger partial charge on any atom is -0.355 e. The second kappa shape index (κ2) is 9.04. The van der Waals surface area contributed by atoms with Crippen molar-refractivity contribution in [2.75, 3.05) is 6.54 Å². The lowest BCUT2D eigenvalue weighted by Crippen LogP contribution is -2.32. The molecule has 0 aliphatic rings. The number of carbonyl (C=O) groups is 1. The summed E-state index contributed by atoms with van der Waals surface area (Å²) < 4.78 is 14.8. The van der Waals surface area contributed by atoms with E-state index < -0.39 is 0 Å². The monoisotopic (exact) mass is 421 g/mol. The first kappa shape index (κ1) is 20.0. The molecule has 0 saturated carbocycles. The molecule has 0 radical (unpaired) electrons. The molecule has 30 heavy (non-hydrogen) atoms. The number of nitrogens with zero attached hydrogens (tertiary/aromatic N) is 4. The Morgan fingerprint density at radius 3 is 2.67 bits per heavy atom. The van der Waals surface area contributed by atoms with Gasteiger partial charge in [-0.15, -0.1) is 0 Å². The summed E-state index contributed by atoms with van der Waals surface area (Å²) >= 11 is 1.36. The fourth-order valence-electron chi connectivity index (χ4n) is 3.03. The average Bonchev–Trinajstić information content (AvgIpc) is 3.20. The molecular formula is C22H20FN5OS. The maximum atomic E-state index is 13.2. The third kappa shape index (κ3) is 4.49. The molecule has 4 rings (SSSR count). The van der Waals surface area contributed by atoms with E-state index in [4.69, 9.17) is 0 Å². The number of hydrogen-bond acceptors (Lipinski definition) is 5. The van der Waals surface area contributed by atoms with Crippen molar-refractivity contribution in [1.82, 2.24) is 25.1 Å². The van der Waals surface area contributed by atoms with E-state index in [0.717, 1.165) is 11.8 Å². The van der Waals surface area contributed by atoms with Crippen molar-refractivity contribution in [2.24, 2.45) is 0 Å². The van der Waals surface area contributed by atoms with Crippen molar-refractivity contribution in [1.29, 1.82) is 0 Å². The van der Waals surface area contributed by atoms with Gasteiger partial charge in [-0.25, -0.2) is 19.0 Å². The van der Waals surface area contributed by atoms with Crippen LogP contribution in [-0.4, -0.2) is 37.5 Å². The van der Waals surface area contributed by atoms with Crippen LogP contribution in [0.2, 0.25) is 0 Å². The van der Waals surface area contributed by atoms with Crippen LogP contribution in [0.25, 0.3) is 16.7 Å². The SMILES string of the molecule is CC(Sc1ncnc2c1cnn2-c1ccc(F)cc1)C(=O)NCCc1ccccc1. The number of aromatic nitrogens is 4. The molecule has 0 saturated heterocycles. The predicted octanol–water partition coefficient (Wildman–Crippen LogP) is 3.79. The quantitative estimate of drug-likeness (QED) is 0.363. The average molecular weight is 422 g/mol. The molecule has 8 heteroatoms. The van der Waals surface area contributed by atoms with E-state index in [1.807, 2.05) is 37.3 Å². The highest BCUT2D eigenvalue weighted by atomic mass is 32.2. The Morgan fingerprint density at radius 1 is 1.13 bits per heavy atom. The Morgan fingerprint density at radius 2 is 1.90 bits per heavy atom. The van der Waals surface area contributed by atoms with Gasteiger partial charge in [0.25, 0.3) is 0 Å². The largest absolute Gasteiger partial charge is 0.355 e. The standard InChI is InChI=1S/C22H20FN5OS/c1-15(21(29)24-12-11-16-5-3-2-4-6-16)30-22-19-13-27-28(20(19)25-14-26-22)18-9-7-17(23)8-10-18/h2-10,13-15H,11-12H2,1H3,(H,24,29). The summed E-state index contributed by atoms with van der Waals surface area (Å²) in [5, 5.41) is 8.44. The van der Waals surface area contributed by atoms with Crippen molar-refractivity contribution in [3.05, 3.63) is 78.5 Å². The van der Waals surface area contributed by atoms with E-state index >= 15 is 0 Å². The minimum absolute atomic E-state index is 0.0476. The van der Waals surface area contributed by atoms with E-state index in [9.17, 15) is 9.18 Å². The first-order chi connectivity index (χ1) is 14.6. The van der Waals surface area contributed by atoms with Gasteiger partial charge in [-0.05, 0) is 43.2 Å². The van der Waals surface area contributed by atoms with Crippen LogP contribution in [0.3, 0.4) is 0 Å². The van der Waals surface area contributed by atoms with Gasteiger partial charge in [0.1, 0.15) is 17.2 Å². The number of nitrogens with one attached hydrogen (secondary N) is 1. The van der Waals surface area contributed by atoms with Crippen molar-refractivity contribution in [2.45, 2.75) is 23.6 Å². The van der Waals surface area contributed by atoms with Crippen LogP contribution in [0, 0.1) is 5.82 Å². The summed E-state index contributed by atoms with van der Waals surface area (Å²) in [5.74, 6) is -0.359. The van der Waals surface area contributed by atoms with Gasteiger partial charge in [0.15, 0.2) is 5.65 Å². The number of rotatable bonds is 7. The fraction of sp³-hybridized carbons (Fsp3) is 0.182. The lowest BCUT2D eigenvalue weighted by molar-refractivity contribution is -0.120. The number of fused-ring (bicyclic) bond motifs is 1. The summed E-state index contributed by atoms with van der Waals surface area (Å²) in [4.78, 5) is 21.2. The third-order valence-electron chi connectivity index (χ3n) is 4.61. The molecule has 2 aromatic heterocycles. The first-order valence-electron chi connectivity index (χ1n) is 9.55. The van der Waals surface area contributed by atoms with Crippen molar-refractivity contribution in [3.8, 4) is 5.69 Å². The van der Waals surface area contributed by atoms with Crippen LogP contribution in [0.5, 0.6) is 0 Å². The molecule has 0 bridgehead atoms. The second-order valence-corrected chi connectivity index (χ2v) is 8.07. The molecule has 2 aromatic carbocycles. The highest BCUT2D eigenvalue weighted by Crippen LogP contribution is 2.28. The molecule has 6 nitrogen and oxygen atoms in total. The van der Waals surface area contributed by atoms with Crippen LogP contribution >= 0.6 is 11.8 Å². The number of halogens is 1. The number of benzene rings is 2. The molecule has 1 atom stereocenters. The van der Waals surface area contributed by atoms with E-state index in [-0.39, 0.29) is 17.0 Å². The minimum atomic E-state index is -0.326. The second-order valence-electron chi connectivity index (χ2n) is 6.74. The Labute approximate surface area is 177 Å². The molecular weight excluding hydrogens is 401 g/mol. The van der Waals surface area contributed by atoms with Crippen LogP contribution in [0.4, 0.5) is 4.39 Å².